The standard InChI is InChI=1S/C29H34N4O3S2/c1-3-22-12-23-25(38-22)32-28(33(4-2)26(23)35)37-16-24(34)30-20-6-5-7-21(11-20)31-27(36)29-13-17-8-18(14-29)10-19(9-17)15-29/h5-7,11-12,17-19H,3-4,8-10,13-16H2,1-2H3,(H,30,34)(H,31,36). The zero-order chi connectivity index (χ0) is 26.4. The van der Waals surface area contributed by atoms with Crippen LogP contribution in [0.3, 0.4) is 0 Å². The van der Waals surface area contributed by atoms with Gasteiger partial charge in [-0.25, -0.2) is 4.98 Å². The number of thiophene rings is 1. The third kappa shape index (κ3) is 4.79. The first kappa shape index (κ1) is 25.6. The Hall–Kier alpha value is -2.65. The molecule has 4 fully saturated rings. The fraction of sp³-hybridized carbons (Fsp3) is 0.517. The van der Waals surface area contributed by atoms with Crippen LogP contribution in [0.5, 0.6) is 0 Å². The van der Waals surface area contributed by atoms with Crippen LogP contribution in [-0.4, -0.2) is 27.1 Å². The molecule has 9 heteroatoms. The number of fused-ring (bicyclic) bond motifs is 1. The number of hydrogen-bond acceptors (Lipinski definition) is 6. The second kappa shape index (κ2) is 10.2. The lowest BCUT2D eigenvalue weighted by atomic mass is 9.49. The van der Waals surface area contributed by atoms with Gasteiger partial charge < -0.3 is 10.6 Å². The van der Waals surface area contributed by atoms with Crippen molar-refractivity contribution >= 4 is 56.5 Å². The number of aromatic nitrogens is 2. The first-order chi connectivity index (χ1) is 18.4. The summed E-state index contributed by atoms with van der Waals surface area (Å²) in [6, 6.07) is 9.31. The molecule has 0 radical (unpaired) electrons. The second-order valence-electron chi connectivity index (χ2n) is 11.3. The molecular formula is C29H34N4O3S2. The highest BCUT2D eigenvalue weighted by molar-refractivity contribution is 7.99. The lowest BCUT2D eigenvalue weighted by Crippen LogP contribution is -2.51. The van der Waals surface area contributed by atoms with E-state index in [1.165, 1.54) is 42.4 Å². The predicted molar refractivity (Wildman–Crippen MR) is 154 cm³/mol. The molecule has 0 saturated heterocycles. The van der Waals surface area contributed by atoms with Crippen molar-refractivity contribution in [1.29, 1.82) is 0 Å². The smallest absolute Gasteiger partial charge is 0.262 e. The van der Waals surface area contributed by atoms with E-state index >= 15 is 0 Å². The maximum Gasteiger partial charge on any atom is 0.262 e. The number of carbonyl (C=O) groups is 2. The average molecular weight is 551 g/mol. The van der Waals surface area contributed by atoms with E-state index in [9.17, 15) is 14.4 Å². The van der Waals surface area contributed by atoms with Crippen LogP contribution in [0.15, 0.2) is 40.3 Å². The summed E-state index contributed by atoms with van der Waals surface area (Å²) >= 11 is 2.80. The van der Waals surface area contributed by atoms with Gasteiger partial charge in [-0.1, -0.05) is 24.8 Å². The quantitative estimate of drug-likeness (QED) is 0.268. The van der Waals surface area contributed by atoms with Crippen molar-refractivity contribution < 1.29 is 9.59 Å². The molecule has 2 N–H and O–H groups in total. The van der Waals surface area contributed by atoms with Crippen LogP contribution < -0.4 is 16.2 Å². The Morgan fingerprint density at radius 3 is 2.34 bits per heavy atom. The number of amides is 2. The van der Waals surface area contributed by atoms with Gasteiger partial charge in [-0.05, 0) is 93.9 Å². The molecule has 2 heterocycles. The maximum absolute atomic E-state index is 13.4. The summed E-state index contributed by atoms with van der Waals surface area (Å²) in [5, 5.41) is 7.32. The van der Waals surface area contributed by atoms with Crippen LogP contribution in [0, 0.1) is 23.2 Å². The van der Waals surface area contributed by atoms with Crippen LogP contribution in [0.25, 0.3) is 10.2 Å². The van der Waals surface area contributed by atoms with Crippen molar-refractivity contribution in [2.45, 2.75) is 70.5 Å². The Kier molecular flexibility index (Phi) is 6.84. The van der Waals surface area contributed by atoms with Crippen LogP contribution in [0.2, 0.25) is 0 Å². The molecule has 4 aliphatic rings. The minimum absolute atomic E-state index is 0.0566. The molecule has 7 nitrogen and oxygen atoms in total. The Morgan fingerprint density at radius 1 is 1.05 bits per heavy atom. The number of anilines is 2. The number of nitrogens with zero attached hydrogens (tertiary/aromatic N) is 2. The van der Waals surface area contributed by atoms with Crippen molar-refractivity contribution in [3.63, 3.8) is 0 Å². The molecular weight excluding hydrogens is 516 g/mol. The summed E-state index contributed by atoms with van der Waals surface area (Å²) in [6.45, 7) is 4.47. The number of thioether (sulfide) groups is 1. The normalized spacial score (nSPS) is 25.6. The Balaban J connectivity index is 1.10. The molecule has 0 atom stereocenters. The van der Waals surface area contributed by atoms with E-state index in [0.29, 0.717) is 46.2 Å². The van der Waals surface area contributed by atoms with E-state index in [2.05, 4.69) is 17.6 Å². The highest BCUT2D eigenvalue weighted by Gasteiger charge is 2.54. The van der Waals surface area contributed by atoms with Gasteiger partial charge in [0.2, 0.25) is 11.8 Å². The van der Waals surface area contributed by atoms with Crippen LogP contribution in [-0.2, 0) is 22.6 Å². The molecule has 2 amide bonds. The van der Waals surface area contributed by atoms with Gasteiger partial charge in [0.15, 0.2) is 5.16 Å². The molecule has 200 valence electrons. The van der Waals surface area contributed by atoms with E-state index in [1.807, 2.05) is 37.3 Å². The van der Waals surface area contributed by atoms with Crippen molar-refractivity contribution in [3.05, 3.63) is 45.6 Å². The Labute approximate surface area is 230 Å². The first-order valence-electron chi connectivity index (χ1n) is 13.7. The topological polar surface area (TPSA) is 93.1 Å². The number of benzene rings is 1. The largest absolute Gasteiger partial charge is 0.326 e. The molecule has 0 unspecified atom stereocenters. The van der Waals surface area contributed by atoms with Crippen LogP contribution in [0.4, 0.5) is 11.4 Å². The molecule has 4 bridgehead atoms. The van der Waals surface area contributed by atoms with Crippen molar-refractivity contribution in [2.75, 3.05) is 16.4 Å². The molecule has 1 aromatic carbocycles. The molecule has 38 heavy (non-hydrogen) atoms. The number of hydrogen-bond donors (Lipinski definition) is 2. The molecule has 4 aliphatic carbocycles. The van der Waals surface area contributed by atoms with Crippen molar-refractivity contribution in [2.24, 2.45) is 23.2 Å². The summed E-state index contributed by atoms with van der Waals surface area (Å²) in [7, 11) is 0. The zero-order valence-corrected chi connectivity index (χ0v) is 23.6. The van der Waals surface area contributed by atoms with Gasteiger partial charge in [0.05, 0.1) is 16.6 Å². The van der Waals surface area contributed by atoms with E-state index in [1.54, 1.807) is 4.57 Å². The van der Waals surface area contributed by atoms with Crippen LogP contribution >= 0.6 is 23.1 Å². The number of carbonyl (C=O) groups excluding carboxylic acids is 2. The lowest BCUT2D eigenvalue weighted by molar-refractivity contribution is -0.140. The zero-order valence-electron chi connectivity index (χ0n) is 21.9. The molecule has 4 saturated carbocycles. The first-order valence-corrected chi connectivity index (χ1v) is 15.5. The minimum atomic E-state index is -0.214. The van der Waals surface area contributed by atoms with Gasteiger partial charge in [0, 0.05) is 22.8 Å². The van der Waals surface area contributed by atoms with E-state index in [-0.39, 0.29) is 28.5 Å². The number of nitrogens with one attached hydrogen (secondary N) is 2. The summed E-state index contributed by atoms with van der Waals surface area (Å²) in [4.78, 5) is 45.7. The molecule has 2 aromatic heterocycles. The van der Waals surface area contributed by atoms with Gasteiger partial charge in [-0.15, -0.1) is 11.3 Å². The fourth-order valence-corrected chi connectivity index (χ4v) is 9.14. The third-order valence-corrected chi connectivity index (χ3v) is 10.7. The van der Waals surface area contributed by atoms with E-state index in [4.69, 9.17) is 4.98 Å². The summed E-state index contributed by atoms with van der Waals surface area (Å²) in [5.41, 5.74) is 1.08. The third-order valence-electron chi connectivity index (χ3n) is 8.59. The van der Waals surface area contributed by atoms with Gasteiger partial charge >= 0.3 is 0 Å². The monoisotopic (exact) mass is 550 g/mol. The highest BCUT2D eigenvalue weighted by Crippen LogP contribution is 2.60. The van der Waals surface area contributed by atoms with Gasteiger partial charge in [-0.2, -0.15) is 0 Å². The van der Waals surface area contributed by atoms with Gasteiger partial charge in [0.1, 0.15) is 4.83 Å². The Morgan fingerprint density at radius 2 is 1.71 bits per heavy atom. The van der Waals surface area contributed by atoms with E-state index in [0.717, 1.165) is 35.4 Å². The van der Waals surface area contributed by atoms with Crippen molar-refractivity contribution in [1.82, 2.24) is 9.55 Å². The van der Waals surface area contributed by atoms with Gasteiger partial charge in [0.25, 0.3) is 5.56 Å². The predicted octanol–water partition coefficient (Wildman–Crippen LogP) is 5.93. The van der Waals surface area contributed by atoms with Gasteiger partial charge in [-0.3, -0.25) is 19.0 Å². The maximum atomic E-state index is 13.4. The second-order valence-corrected chi connectivity index (χ2v) is 13.4. The molecule has 7 rings (SSSR count). The molecule has 0 spiro atoms. The highest BCUT2D eigenvalue weighted by atomic mass is 32.2. The fourth-order valence-electron chi connectivity index (χ4n) is 7.26. The number of aryl methyl sites for hydroxylation is 1. The summed E-state index contributed by atoms with van der Waals surface area (Å²) in [5.74, 6) is 2.23. The lowest BCUT2D eigenvalue weighted by Gasteiger charge is -2.55. The molecule has 3 aromatic rings. The SMILES string of the molecule is CCc1cc2c(=O)n(CC)c(SCC(=O)Nc3cccc(NC(=O)C45CC6CC(CC(C6)C4)C5)c3)nc2s1. The van der Waals surface area contributed by atoms with Crippen LogP contribution in [0.1, 0.15) is 57.2 Å². The summed E-state index contributed by atoms with van der Waals surface area (Å²) in [6.07, 6.45) is 7.83. The average Bonchev–Trinajstić information content (AvgIpc) is 3.31. The summed E-state index contributed by atoms with van der Waals surface area (Å²) < 4.78 is 1.63. The molecule has 0 aliphatic heterocycles. The van der Waals surface area contributed by atoms with E-state index < -0.39 is 0 Å². The van der Waals surface area contributed by atoms with Crippen molar-refractivity contribution in [3.8, 4) is 0 Å². The minimum Gasteiger partial charge on any atom is -0.326 e. The Bertz CT molecular complexity index is 1420. The number of rotatable bonds is 8.